The number of para-hydroxylation sites is 1. The Morgan fingerprint density at radius 2 is 2.16 bits per heavy atom. The van der Waals surface area contributed by atoms with Crippen molar-refractivity contribution in [1.82, 2.24) is 5.32 Å². The van der Waals surface area contributed by atoms with Crippen LogP contribution in [0.2, 0.25) is 0 Å². The van der Waals surface area contributed by atoms with Crippen LogP contribution in [0.15, 0.2) is 24.3 Å². The lowest BCUT2D eigenvalue weighted by molar-refractivity contribution is -0.139. The number of carbonyl (C=O) groups is 2. The van der Waals surface area contributed by atoms with Gasteiger partial charge in [0.25, 0.3) is 0 Å². The van der Waals surface area contributed by atoms with E-state index in [9.17, 15) is 14.7 Å². The Morgan fingerprint density at radius 1 is 1.42 bits per heavy atom. The number of fused-ring (bicyclic) bond motifs is 1. The van der Waals surface area contributed by atoms with Gasteiger partial charge in [-0.05, 0) is 18.1 Å². The van der Waals surface area contributed by atoms with Crippen LogP contribution in [0.5, 0.6) is 0 Å². The molecular weight excluding hydrogens is 246 g/mol. The van der Waals surface area contributed by atoms with Gasteiger partial charge in [0, 0.05) is 25.3 Å². The Kier molecular flexibility index (Phi) is 4.01. The minimum atomic E-state index is -0.852. The number of aliphatic carboxylic acids is 1. The SMILES string of the molecule is NCCNC(=O)N1CCC(C(=O)O)c2ccccc21. The number of benzene rings is 1. The number of nitrogens with two attached hydrogens (primary N) is 1. The molecule has 0 fully saturated rings. The lowest BCUT2D eigenvalue weighted by Crippen LogP contribution is -2.45. The van der Waals surface area contributed by atoms with Gasteiger partial charge in [-0.2, -0.15) is 0 Å². The predicted octanol–water partition coefficient (Wildman–Crippen LogP) is 0.733. The first-order valence-corrected chi connectivity index (χ1v) is 6.22. The highest BCUT2D eigenvalue weighted by Crippen LogP contribution is 2.35. The van der Waals surface area contributed by atoms with E-state index in [0.29, 0.717) is 37.3 Å². The summed E-state index contributed by atoms with van der Waals surface area (Å²) in [6.45, 7) is 1.17. The third-order valence-electron chi connectivity index (χ3n) is 3.21. The minimum Gasteiger partial charge on any atom is -0.481 e. The second-order valence-corrected chi connectivity index (χ2v) is 4.41. The van der Waals surface area contributed by atoms with Crippen LogP contribution in [-0.4, -0.2) is 36.7 Å². The average molecular weight is 263 g/mol. The molecule has 0 bridgehead atoms. The van der Waals surface area contributed by atoms with Gasteiger partial charge in [0.15, 0.2) is 0 Å². The number of hydrogen-bond donors (Lipinski definition) is 3. The van der Waals surface area contributed by atoms with E-state index in [1.807, 2.05) is 0 Å². The first-order valence-electron chi connectivity index (χ1n) is 6.22. The first kappa shape index (κ1) is 13.4. The molecule has 1 aliphatic heterocycles. The van der Waals surface area contributed by atoms with E-state index in [4.69, 9.17) is 5.73 Å². The Labute approximate surface area is 111 Å². The summed E-state index contributed by atoms with van der Waals surface area (Å²) in [6, 6.07) is 6.88. The van der Waals surface area contributed by atoms with Crippen molar-refractivity contribution in [3.05, 3.63) is 29.8 Å². The topological polar surface area (TPSA) is 95.7 Å². The van der Waals surface area contributed by atoms with Gasteiger partial charge in [0.1, 0.15) is 0 Å². The van der Waals surface area contributed by atoms with Crippen LogP contribution >= 0.6 is 0 Å². The maximum Gasteiger partial charge on any atom is 0.321 e. The molecule has 1 unspecified atom stereocenters. The number of carbonyl (C=O) groups excluding carboxylic acids is 1. The van der Waals surface area contributed by atoms with Crippen molar-refractivity contribution < 1.29 is 14.7 Å². The monoisotopic (exact) mass is 263 g/mol. The number of carboxylic acids is 1. The van der Waals surface area contributed by atoms with Crippen LogP contribution in [0.1, 0.15) is 17.9 Å². The number of rotatable bonds is 3. The van der Waals surface area contributed by atoms with E-state index in [1.165, 1.54) is 0 Å². The second-order valence-electron chi connectivity index (χ2n) is 4.41. The largest absolute Gasteiger partial charge is 0.481 e. The third-order valence-corrected chi connectivity index (χ3v) is 3.21. The molecule has 4 N–H and O–H groups in total. The van der Waals surface area contributed by atoms with Crippen molar-refractivity contribution >= 4 is 17.7 Å². The quantitative estimate of drug-likeness (QED) is 0.749. The van der Waals surface area contributed by atoms with Crippen LogP contribution < -0.4 is 16.0 Å². The van der Waals surface area contributed by atoms with Crippen molar-refractivity contribution in [3.63, 3.8) is 0 Å². The normalized spacial score (nSPS) is 17.7. The molecule has 1 atom stereocenters. The summed E-state index contributed by atoms with van der Waals surface area (Å²) < 4.78 is 0. The zero-order chi connectivity index (χ0) is 13.8. The fourth-order valence-electron chi connectivity index (χ4n) is 2.30. The lowest BCUT2D eigenvalue weighted by atomic mass is 9.90. The second kappa shape index (κ2) is 5.71. The maximum atomic E-state index is 12.0. The highest BCUT2D eigenvalue weighted by atomic mass is 16.4. The van der Waals surface area contributed by atoms with Gasteiger partial charge in [-0.3, -0.25) is 9.69 Å². The lowest BCUT2D eigenvalue weighted by Gasteiger charge is -2.32. The summed E-state index contributed by atoms with van der Waals surface area (Å²) >= 11 is 0. The van der Waals surface area contributed by atoms with E-state index >= 15 is 0 Å². The molecule has 1 aliphatic rings. The predicted molar refractivity (Wildman–Crippen MR) is 71.2 cm³/mol. The van der Waals surface area contributed by atoms with Crippen molar-refractivity contribution in [3.8, 4) is 0 Å². The standard InChI is InChI=1S/C13H17N3O3/c14-6-7-15-13(19)16-8-5-10(12(17)18)9-3-1-2-4-11(9)16/h1-4,10H,5-8,14H2,(H,15,19)(H,17,18). The number of carboxylic acid groups (broad SMARTS) is 1. The summed E-state index contributed by atoms with van der Waals surface area (Å²) in [7, 11) is 0. The molecule has 1 aromatic rings. The van der Waals surface area contributed by atoms with Crippen LogP contribution in [0, 0.1) is 0 Å². The molecule has 0 aliphatic carbocycles. The highest BCUT2D eigenvalue weighted by molar-refractivity contribution is 5.95. The number of amides is 2. The van der Waals surface area contributed by atoms with Crippen molar-refractivity contribution in [2.45, 2.75) is 12.3 Å². The van der Waals surface area contributed by atoms with Gasteiger partial charge in [-0.25, -0.2) is 4.79 Å². The molecule has 1 aromatic carbocycles. The molecule has 2 rings (SSSR count). The fourth-order valence-corrected chi connectivity index (χ4v) is 2.30. The van der Waals surface area contributed by atoms with E-state index in [2.05, 4.69) is 5.32 Å². The summed E-state index contributed by atoms with van der Waals surface area (Å²) in [5, 5.41) is 11.9. The Hall–Kier alpha value is -2.08. The number of urea groups is 1. The summed E-state index contributed by atoms with van der Waals surface area (Å²) in [4.78, 5) is 24.8. The van der Waals surface area contributed by atoms with Crippen LogP contribution in [0.25, 0.3) is 0 Å². The molecule has 1 heterocycles. The van der Waals surface area contributed by atoms with Gasteiger partial charge in [0.2, 0.25) is 0 Å². The fraction of sp³-hybridized carbons (Fsp3) is 0.385. The minimum absolute atomic E-state index is 0.235. The van der Waals surface area contributed by atoms with Gasteiger partial charge in [-0.1, -0.05) is 18.2 Å². The zero-order valence-electron chi connectivity index (χ0n) is 10.5. The van der Waals surface area contributed by atoms with Crippen molar-refractivity contribution in [2.75, 3.05) is 24.5 Å². The van der Waals surface area contributed by atoms with Gasteiger partial charge < -0.3 is 16.2 Å². The molecule has 6 heteroatoms. The summed E-state index contributed by atoms with van der Waals surface area (Å²) in [6.07, 6.45) is 0.419. The first-order chi connectivity index (χ1) is 9.15. The third kappa shape index (κ3) is 2.68. The molecule has 102 valence electrons. The zero-order valence-corrected chi connectivity index (χ0v) is 10.5. The number of hydrogen-bond acceptors (Lipinski definition) is 3. The van der Waals surface area contributed by atoms with E-state index in [1.54, 1.807) is 29.2 Å². The molecule has 0 saturated carbocycles. The van der Waals surface area contributed by atoms with Crippen LogP contribution in [-0.2, 0) is 4.79 Å². The Balaban J connectivity index is 2.27. The molecule has 0 spiro atoms. The Bertz CT molecular complexity index is 490. The van der Waals surface area contributed by atoms with Crippen LogP contribution in [0.3, 0.4) is 0 Å². The summed E-state index contributed by atoms with van der Waals surface area (Å²) in [5.74, 6) is -1.40. The van der Waals surface area contributed by atoms with E-state index in [0.717, 1.165) is 0 Å². The molecule has 0 radical (unpaired) electrons. The van der Waals surface area contributed by atoms with E-state index < -0.39 is 11.9 Å². The van der Waals surface area contributed by atoms with Crippen LogP contribution in [0.4, 0.5) is 10.5 Å². The maximum absolute atomic E-state index is 12.0. The summed E-state index contributed by atoms with van der Waals surface area (Å²) in [5.41, 5.74) is 6.70. The number of nitrogens with zero attached hydrogens (tertiary/aromatic N) is 1. The van der Waals surface area contributed by atoms with Gasteiger partial charge in [0.05, 0.1) is 5.92 Å². The Morgan fingerprint density at radius 3 is 2.84 bits per heavy atom. The smallest absolute Gasteiger partial charge is 0.321 e. The van der Waals surface area contributed by atoms with Crippen molar-refractivity contribution in [1.29, 1.82) is 0 Å². The molecule has 0 saturated heterocycles. The number of nitrogens with one attached hydrogen (secondary N) is 1. The van der Waals surface area contributed by atoms with E-state index in [-0.39, 0.29) is 6.03 Å². The molecule has 2 amide bonds. The highest BCUT2D eigenvalue weighted by Gasteiger charge is 2.32. The molecular formula is C13H17N3O3. The van der Waals surface area contributed by atoms with Gasteiger partial charge in [-0.15, -0.1) is 0 Å². The van der Waals surface area contributed by atoms with Crippen molar-refractivity contribution in [2.24, 2.45) is 5.73 Å². The number of anilines is 1. The van der Waals surface area contributed by atoms with Gasteiger partial charge >= 0.3 is 12.0 Å². The molecule has 19 heavy (non-hydrogen) atoms. The molecule has 6 nitrogen and oxygen atoms in total. The average Bonchev–Trinajstić information content (AvgIpc) is 2.43. The molecule has 0 aromatic heterocycles.